The molecule has 1 fully saturated rings. The summed E-state index contributed by atoms with van der Waals surface area (Å²) in [5.41, 5.74) is 4.03. The van der Waals surface area contributed by atoms with Gasteiger partial charge in [-0.2, -0.15) is 0 Å². The van der Waals surface area contributed by atoms with E-state index in [0.29, 0.717) is 24.2 Å². The largest absolute Gasteiger partial charge is 0.491 e. The molecule has 3 heterocycles. The molecule has 5 rings (SSSR count). The zero-order valence-electron chi connectivity index (χ0n) is 25.0. The number of esters is 1. The zero-order chi connectivity index (χ0) is 29.7. The fourth-order valence-corrected chi connectivity index (χ4v) is 6.48. The number of rotatable bonds is 9. The van der Waals surface area contributed by atoms with Gasteiger partial charge >= 0.3 is 5.97 Å². The quantitative estimate of drug-likeness (QED) is 0.384. The van der Waals surface area contributed by atoms with Crippen LogP contribution < -0.4 is 5.32 Å². The number of likely N-dealkylation sites (tertiary alicyclic amines) is 1. The second-order valence-electron chi connectivity index (χ2n) is 12.3. The van der Waals surface area contributed by atoms with Crippen LogP contribution in [0.4, 0.5) is 0 Å². The number of ether oxygens (including phenoxy) is 2. The minimum Gasteiger partial charge on any atom is -0.491 e. The summed E-state index contributed by atoms with van der Waals surface area (Å²) in [7, 11) is 1.45. The van der Waals surface area contributed by atoms with E-state index < -0.39 is 5.60 Å². The van der Waals surface area contributed by atoms with Gasteiger partial charge in [0.1, 0.15) is 12.4 Å². The predicted molar refractivity (Wildman–Crippen MR) is 167 cm³/mol. The second-order valence-corrected chi connectivity index (χ2v) is 12.7. The topological polar surface area (TPSA) is 74.3 Å². The number of fused-ring (bicyclic) bond motifs is 1. The van der Waals surface area contributed by atoms with Crippen molar-refractivity contribution in [2.24, 2.45) is 5.92 Å². The van der Waals surface area contributed by atoms with Crippen molar-refractivity contribution in [3.63, 3.8) is 0 Å². The number of benzene rings is 1. The van der Waals surface area contributed by atoms with Crippen LogP contribution in [0.2, 0.25) is 5.02 Å². The minimum atomic E-state index is -0.801. The molecule has 0 radical (unpaired) electrons. The Labute approximate surface area is 255 Å². The molecule has 0 bridgehead atoms. The van der Waals surface area contributed by atoms with E-state index in [4.69, 9.17) is 21.1 Å². The summed E-state index contributed by atoms with van der Waals surface area (Å²) in [5, 5.41) is 14.9. The summed E-state index contributed by atoms with van der Waals surface area (Å²) in [4.78, 5) is 17.0. The molecule has 0 saturated carbocycles. The van der Waals surface area contributed by atoms with Crippen LogP contribution >= 0.6 is 11.6 Å². The van der Waals surface area contributed by atoms with Crippen LogP contribution in [0.15, 0.2) is 83.3 Å². The number of halogens is 1. The molecule has 1 aromatic rings. The van der Waals surface area contributed by atoms with E-state index in [-0.39, 0.29) is 24.5 Å². The second kappa shape index (κ2) is 13.6. The molecule has 3 aliphatic heterocycles. The molecule has 2 unspecified atom stereocenters. The number of carbonyl (C=O) groups excluding carboxylic acids is 1. The molecule has 42 heavy (non-hydrogen) atoms. The third-order valence-corrected chi connectivity index (χ3v) is 9.17. The van der Waals surface area contributed by atoms with Crippen molar-refractivity contribution < 1.29 is 19.4 Å². The number of nitrogens with one attached hydrogen (secondary N) is 1. The van der Waals surface area contributed by atoms with Crippen molar-refractivity contribution in [3.05, 3.63) is 93.9 Å². The average molecular weight is 594 g/mol. The van der Waals surface area contributed by atoms with Crippen molar-refractivity contribution in [2.45, 2.75) is 63.8 Å². The maximum atomic E-state index is 12.2. The number of hydrogen-bond acceptors (Lipinski definition) is 7. The Morgan fingerprint density at radius 2 is 2.02 bits per heavy atom. The van der Waals surface area contributed by atoms with Crippen LogP contribution in [0.1, 0.15) is 45.1 Å². The summed E-state index contributed by atoms with van der Waals surface area (Å²) < 4.78 is 11.3. The van der Waals surface area contributed by atoms with E-state index >= 15 is 0 Å². The van der Waals surface area contributed by atoms with Gasteiger partial charge in [-0.05, 0) is 99.8 Å². The lowest BCUT2D eigenvalue weighted by Crippen LogP contribution is -2.46. The highest BCUT2D eigenvalue weighted by Crippen LogP contribution is 2.40. The van der Waals surface area contributed by atoms with Crippen molar-refractivity contribution >= 4 is 17.6 Å². The van der Waals surface area contributed by atoms with Gasteiger partial charge in [0.05, 0.1) is 25.3 Å². The highest BCUT2D eigenvalue weighted by molar-refractivity contribution is 6.30. The predicted octanol–water partition coefficient (Wildman–Crippen LogP) is 5.14. The molecule has 0 aromatic heterocycles. The van der Waals surface area contributed by atoms with Crippen LogP contribution in [0.25, 0.3) is 0 Å². The van der Waals surface area contributed by atoms with Gasteiger partial charge in [-0.3, -0.25) is 9.69 Å². The van der Waals surface area contributed by atoms with Crippen LogP contribution in [0.3, 0.4) is 0 Å². The molecule has 226 valence electrons. The Hall–Kier alpha value is -2.84. The highest BCUT2D eigenvalue weighted by atomic mass is 35.5. The first-order chi connectivity index (χ1) is 20.2. The Kier molecular flexibility index (Phi) is 9.94. The standard InChI is InChI=1S/C34H44ClN3O4/c1-34(2,40)25-10-13-32-30(20-25)28(29-6-4-16-36-31(29)23-42-32)7-5-17-37-18-14-27(15-19-37)38(22-33(39)41-3)21-24-8-11-26(35)12-9-24/h4,6-13,16,25,27,31,36,40H,5,14-15,17-23H2,1-3H3/b28-7+. The molecule has 4 aliphatic rings. The normalized spacial score (nSPS) is 24.0. The number of methoxy groups -OCH3 is 1. The van der Waals surface area contributed by atoms with Gasteiger partial charge in [0.25, 0.3) is 0 Å². The monoisotopic (exact) mass is 593 g/mol. The SMILES string of the molecule is COC(=O)CN(Cc1ccc(Cl)cc1)C1CCN(CC/C=C2\C3=CC=CNC3COC3=C2CC(C(C)(C)O)C=C3)CC1. The Morgan fingerprint density at radius 1 is 1.26 bits per heavy atom. The van der Waals surface area contributed by atoms with Crippen molar-refractivity contribution in [1.29, 1.82) is 0 Å². The molecule has 0 amide bonds. The molecule has 0 spiro atoms. The summed E-state index contributed by atoms with van der Waals surface area (Å²) in [5.74, 6) is 0.751. The lowest BCUT2D eigenvalue weighted by atomic mass is 9.78. The van der Waals surface area contributed by atoms with E-state index in [1.807, 2.05) is 44.3 Å². The molecule has 8 heteroatoms. The van der Waals surface area contributed by atoms with Gasteiger partial charge in [0, 0.05) is 35.6 Å². The van der Waals surface area contributed by atoms with Crippen LogP contribution in [0, 0.1) is 5.92 Å². The number of hydrogen-bond donors (Lipinski definition) is 2. The fraction of sp³-hybridized carbons (Fsp3) is 0.500. The summed E-state index contributed by atoms with van der Waals surface area (Å²) in [6.07, 6.45) is 16.5. The van der Waals surface area contributed by atoms with Crippen LogP contribution in [-0.2, 0) is 20.8 Å². The van der Waals surface area contributed by atoms with E-state index in [1.165, 1.54) is 23.8 Å². The van der Waals surface area contributed by atoms with Gasteiger partial charge in [-0.15, -0.1) is 0 Å². The van der Waals surface area contributed by atoms with Gasteiger partial charge in [0.15, 0.2) is 0 Å². The lowest BCUT2D eigenvalue weighted by Gasteiger charge is -2.38. The molecule has 2 atom stereocenters. The lowest BCUT2D eigenvalue weighted by molar-refractivity contribution is -0.143. The van der Waals surface area contributed by atoms with Crippen LogP contribution in [-0.4, -0.2) is 78.5 Å². The van der Waals surface area contributed by atoms with Gasteiger partial charge in [0.2, 0.25) is 0 Å². The summed E-state index contributed by atoms with van der Waals surface area (Å²) >= 11 is 6.08. The molecule has 1 aliphatic carbocycles. The van der Waals surface area contributed by atoms with Crippen LogP contribution in [0.5, 0.6) is 0 Å². The Bertz CT molecular complexity index is 1270. The third-order valence-electron chi connectivity index (χ3n) is 8.92. The fourth-order valence-electron chi connectivity index (χ4n) is 6.36. The smallest absolute Gasteiger partial charge is 0.319 e. The van der Waals surface area contributed by atoms with E-state index in [9.17, 15) is 9.90 Å². The number of dihydropyridines is 1. The van der Waals surface area contributed by atoms with Gasteiger partial charge in [-0.25, -0.2) is 0 Å². The van der Waals surface area contributed by atoms with Crippen molar-refractivity contribution in [3.8, 4) is 0 Å². The zero-order valence-corrected chi connectivity index (χ0v) is 25.8. The van der Waals surface area contributed by atoms with Gasteiger partial charge < -0.3 is 24.8 Å². The number of allylic oxidation sites excluding steroid dienone is 4. The van der Waals surface area contributed by atoms with E-state index in [1.54, 1.807) is 0 Å². The molecule has 7 nitrogen and oxygen atoms in total. The first-order valence-corrected chi connectivity index (χ1v) is 15.5. The molecular formula is C34H44ClN3O4. The molecular weight excluding hydrogens is 550 g/mol. The Balaban J connectivity index is 1.24. The Morgan fingerprint density at radius 3 is 2.74 bits per heavy atom. The average Bonchev–Trinajstić information content (AvgIpc) is 3.14. The maximum absolute atomic E-state index is 12.2. The third kappa shape index (κ3) is 7.56. The van der Waals surface area contributed by atoms with E-state index in [2.05, 4.69) is 45.5 Å². The molecule has 1 aromatic carbocycles. The summed E-state index contributed by atoms with van der Waals surface area (Å²) in [6.45, 7) is 8.27. The maximum Gasteiger partial charge on any atom is 0.319 e. The first kappa shape index (κ1) is 30.6. The number of aliphatic hydroxyl groups is 1. The van der Waals surface area contributed by atoms with Gasteiger partial charge in [-0.1, -0.05) is 42.0 Å². The number of piperidine rings is 1. The molecule has 1 saturated heterocycles. The van der Waals surface area contributed by atoms with Crippen molar-refractivity contribution in [1.82, 2.24) is 15.1 Å². The minimum absolute atomic E-state index is 0.0346. The van der Waals surface area contributed by atoms with E-state index in [0.717, 1.165) is 56.6 Å². The highest BCUT2D eigenvalue weighted by Gasteiger charge is 2.34. The molecule has 2 N–H and O–H groups in total. The summed E-state index contributed by atoms with van der Waals surface area (Å²) in [6, 6.07) is 8.28. The number of nitrogens with zero attached hydrogens (tertiary/aromatic N) is 2. The first-order valence-electron chi connectivity index (χ1n) is 15.1. The van der Waals surface area contributed by atoms with Crippen molar-refractivity contribution in [2.75, 3.05) is 39.9 Å². The number of carbonyl (C=O) groups is 1.